The third-order valence-corrected chi connectivity index (χ3v) is 4.60. The van der Waals surface area contributed by atoms with Gasteiger partial charge in [0.2, 0.25) is 0 Å². The molecule has 0 radical (unpaired) electrons. The molecule has 138 valence electrons. The van der Waals surface area contributed by atoms with Gasteiger partial charge in [-0.1, -0.05) is 11.6 Å². The predicted octanol–water partition coefficient (Wildman–Crippen LogP) is 2.59. The molecule has 2 N–H and O–H groups in total. The fourth-order valence-electron chi connectivity index (χ4n) is 2.96. The van der Waals surface area contributed by atoms with Gasteiger partial charge in [0, 0.05) is 26.3 Å². The van der Waals surface area contributed by atoms with Crippen molar-refractivity contribution in [1.82, 2.24) is 10.6 Å². The summed E-state index contributed by atoms with van der Waals surface area (Å²) < 4.78 is 16.6. The second-order valence-corrected chi connectivity index (χ2v) is 6.64. The minimum absolute atomic E-state index is 0.527. The van der Waals surface area contributed by atoms with Crippen LogP contribution in [-0.2, 0) is 11.3 Å². The summed E-state index contributed by atoms with van der Waals surface area (Å²) in [5.74, 6) is 2.79. The normalized spacial score (nSPS) is 18.1. The van der Waals surface area contributed by atoms with Crippen LogP contribution in [0.25, 0.3) is 0 Å². The number of hydrogen-bond acceptors (Lipinski definition) is 4. The second-order valence-electron chi connectivity index (χ2n) is 6.23. The first-order chi connectivity index (χ1) is 12.3. The van der Waals surface area contributed by atoms with Gasteiger partial charge in [-0.25, -0.2) is 4.99 Å². The van der Waals surface area contributed by atoms with E-state index in [-0.39, 0.29) is 0 Å². The molecule has 0 atom stereocenters. The lowest BCUT2D eigenvalue weighted by Crippen LogP contribution is -2.40. The number of nitrogens with one attached hydrogen (secondary N) is 2. The van der Waals surface area contributed by atoms with E-state index in [4.69, 9.17) is 25.8 Å². The molecule has 0 amide bonds. The lowest BCUT2D eigenvalue weighted by atomic mass is 10.0. The maximum absolute atomic E-state index is 6.29. The van der Waals surface area contributed by atoms with E-state index in [1.54, 1.807) is 0 Å². The third-order valence-electron chi connectivity index (χ3n) is 4.32. The van der Waals surface area contributed by atoms with Crippen LogP contribution in [0.4, 0.5) is 0 Å². The van der Waals surface area contributed by atoms with Crippen molar-refractivity contribution >= 4 is 17.6 Å². The van der Waals surface area contributed by atoms with Crippen molar-refractivity contribution in [3.05, 3.63) is 22.7 Å². The molecule has 2 aliphatic rings. The highest BCUT2D eigenvalue weighted by Gasteiger charge is 2.17. The smallest absolute Gasteiger partial charge is 0.191 e. The second kappa shape index (κ2) is 9.15. The fourth-order valence-corrected chi connectivity index (χ4v) is 3.25. The fraction of sp³-hybridized carbons (Fsp3) is 0.611. The topological polar surface area (TPSA) is 64.1 Å². The molecule has 0 saturated carbocycles. The van der Waals surface area contributed by atoms with Gasteiger partial charge in [0.15, 0.2) is 17.5 Å². The zero-order chi connectivity index (χ0) is 17.5. The van der Waals surface area contributed by atoms with Crippen LogP contribution in [0.5, 0.6) is 11.5 Å². The number of halogens is 1. The summed E-state index contributed by atoms with van der Waals surface area (Å²) in [6.07, 6.45) is 2.20. The van der Waals surface area contributed by atoms with Crippen molar-refractivity contribution in [1.29, 1.82) is 0 Å². The lowest BCUT2D eigenvalue weighted by molar-refractivity contribution is 0.0675. The zero-order valence-corrected chi connectivity index (χ0v) is 15.4. The Hall–Kier alpha value is -1.66. The van der Waals surface area contributed by atoms with E-state index in [1.807, 2.05) is 12.1 Å². The molecule has 1 saturated heterocycles. The Morgan fingerprint density at radius 2 is 1.96 bits per heavy atom. The molecule has 1 fully saturated rings. The lowest BCUT2D eigenvalue weighted by Gasteiger charge is -2.23. The number of ether oxygens (including phenoxy) is 3. The highest BCUT2D eigenvalue weighted by atomic mass is 35.5. The van der Waals surface area contributed by atoms with Crippen LogP contribution in [0, 0.1) is 5.92 Å². The van der Waals surface area contributed by atoms with E-state index in [0.717, 1.165) is 50.7 Å². The summed E-state index contributed by atoms with van der Waals surface area (Å²) in [6.45, 7) is 7.12. The average molecular weight is 368 g/mol. The molecule has 25 heavy (non-hydrogen) atoms. The van der Waals surface area contributed by atoms with Crippen molar-refractivity contribution in [2.24, 2.45) is 10.9 Å². The first kappa shape index (κ1) is 18.1. The summed E-state index contributed by atoms with van der Waals surface area (Å²) in [6, 6.07) is 3.84. The van der Waals surface area contributed by atoms with E-state index in [1.165, 1.54) is 0 Å². The van der Waals surface area contributed by atoms with Crippen molar-refractivity contribution in [2.45, 2.75) is 26.3 Å². The highest BCUT2D eigenvalue weighted by molar-refractivity contribution is 6.32. The molecular weight excluding hydrogens is 342 g/mol. The molecule has 1 aromatic carbocycles. The summed E-state index contributed by atoms with van der Waals surface area (Å²) in [5, 5.41) is 7.29. The number of aliphatic imine (C=N–C) groups is 1. The van der Waals surface area contributed by atoms with Crippen molar-refractivity contribution in [2.75, 3.05) is 39.5 Å². The monoisotopic (exact) mass is 367 g/mol. The van der Waals surface area contributed by atoms with Crippen molar-refractivity contribution < 1.29 is 14.2 Å². The third kappa shape index (κ3) is 5.16. The molecule has 6 nitrogen and oxygen atoms in total. The Balaban J connectivity index is 1.61. The van der Waals surface area contributed by atoms with E-state index in [9.17, 15) is 0 Å². The van der Waals surface area contributed by atoms with Gasteiger partial charge in [0.05, 0.1) is 11.6 Å². The van der Waals surface area contributed by atoms with Gasteiger partial charge in [-0.05, 0) is 43.4 Å². The van der Waals surface area contributed by atoms with Gasteiger partial charge in [-0.15, -0.1) is 0 Å². The quantitative estimate of drug-likeness (QED) is 0.618. The van der Waals surface area contributed by atoms with Crippen LogP contribution < -0.4 is 20.1 Å². The molecule has 2 aliphatic heterocycles. The number of rotatable bonds is 5. The molecule has 0 spiro atoms. The molecule has 0 bridgehead atoms. The van der Waals surface area contributed by atoms with Gasteiger partial charge < -0.3 is 24.8 Å². The van der Waals surface area contributed by atoms with Gasteiger partial charge >= 0.3 is 0 Å². The van der Waals surface area contributed by atoms with Crippen LogP contribution in [-0.4, -0.2) is 45.5 Å². The van der Waals surface area contributed by atoms with E-state index >= 15 is 0 Å². The molecule has 2 heterocycles. The van der Waals surface area contributed by atoms with E-state index in [2.05, 4.69) is 22.5 Å². The average Bonchev–Trinajstić information content (AvgIpc) is 2.65. The number of hydrogen-bond donors (Lipinski definition) is 2. The minimum atomic E-state index is 0.527. The molecule has 3 rings (SSSR count). The van der Waals surface area contributed by atoms with Crippen molar-refractivity contribution in [3.8, 4) is 11.5 Å². The predicted molar refractivity (Wildman–Crippen MR) is 98.8 cm³/mol. The number of nitrogens with zero attached hydrogens (tertiary/aromatic N) is 1. The number of benzene rings is 1. The van der Waals surface area contributed by atoms with E-state index in [0.29, 0.717) is 42.2 Å². The summed E-state index contributed by atoms with van der Waals surface area (Å²) in [5.41, 5.74) is 0.998. The standard InChI is InChI=1S/C18H26ClN3O3/c1-2-20-18(21-11-13-3-5-23-6-4-13)22-12-14-9-15(19)17-16(10-14)24-7-8-25-17/h9-10,13H,2-8,11-12H2,1H3,(H2,20,21,22). The van der Waals surface area contributed by atoms with Gasteiger partial charge in [0.1, 0.15) is 13.2 Å². The van der Waals surface area contributed by atoms with Crippen LogP contribution >= 0.6 is 11.6 Å². The maximum Gasteiger partial charge on any atom is 0.191 e. The van der Waals surface area contributed by atoms with E-state index < -0.39 is 0 Å². The molecule has 7 heteroatoms. The Morgan fingerprint density at radius 3 is 2.76 bits per heavy atom. The molecule has 1 aromatic rings. The Bertz CT molecular complexity index is 603. The van der Waals surface area contributed by atoms with Gasteiger partial charge in [-0.2, -0.15) is 0 Å². The maximum atomic E-state index is 6.29. The van der Waals surface area contributed by atoms with Crippen LogP contribution in [0.2, 0.25) is 5.02 Å². The summed E-state index contributed by atoms with van der Waals surface area (Å²) in [4.78, 5) is 4.67. The SMILES string of the molecule is CCNC(=NCc1cc(Cl)c2c(c1)OCCO2)NCC1CCOCC1. The summed E-state index contributed by atoms with van der Waals surface area (Å²) in [7, 11) is 0. The highest BCUT2D eigenvalue weighted by Crippen LogP contribution is 2.38. The number of guanidine groups is 1. The Kier molecular flexibility index (Phi) is 6.64. The number of fused-ring (bicyclic) bond motifs is 1. The van der Waals surface area contributed by atoms with Crippen molar-refractivity contribution in [3.63, 3.8) is 0 Å². The first-order valence-corrected chi connectivity index (χ1v) is 9.32. The first-order valence-electron chi connectivity index (χ1n) is 8.94. The van der Waals surface area contributed by atoms with Crippen LogP contribution in [0.1, 0.15) is 25.3 Å². The molecule has 0 aliphatic carbocycles. The van der Waals surface area contributed by atoms with Gasteiger partial charge in [0.25, 0.3) is 0 Å². The Labute approximate surface area is 153 Å². The largest absolute Gasteiger partial charge is 0.486 e. The molecule has 0 aromatic heterocycles. The summed E-state index contributed by atoms with van der Waals surface area (Å²) >= 11 is 6.29. The Morgan fingerprint density at radius 1 is 1.16 bits per heavy atom. The minimum Gasteiger partial charge on any atom is -0.486 e. The molecular formula is C18H26ClN3O3. The van der Waals surface area contributed by atoms with Crippen LogP contribution in [0.3, 0.4) is 0 Å². The van der Waals surface area contributed by atoms with Gasteiger partial charge in [-0.3, -0.25) is 0 Å². The zero-order valence-electron chi connectivity index (χ0n) is 14.6. The molecule has 0 unspecified atom stereocenters. The van der Waals surface area contributed by atoms with Crippen LogP contribution in [0.15, 0.2) is 17.1 Å².